The second-order valence-corrected chi connectivity index (χ2v) is 9.16. The van der Waals surface area contributed by atoms with Crippen molar-refractivity contribution in [1.29, 1.82) is 0 Å². The van der Waals surface area contributed by atoms with Crippen LogP contribution in [-0.4, -0.2) is 70.8 Å². The summed E-state index contributed by atoms with van der Waals surface area (Å²) in [4.78, 5) is 25.8. The van der Waals surface area contributed by atoms with Crippen molar-refractivity contribution in [2.24, 2.45) is 15.9 Å². The summed E-state index contributed by atoms with van der Waals surface area (Å²) in [7, 11) is 2.15. The largest absolute Gasteiger partial charge is 0.354 e. The number of allylic oxidation sites excluding steroid dienone is 2. The Kier molecular flexibility index (Phi) is 7.77. The zero-order chi connectivity index (χ0) is 24.8. The van der Waals surface area contributed by atoms with Gasteiger partial charge in [-0.1, -0.05) is 25.1 Å². The fourth-order valence-electron chi connectivity index (χ4n) is 3.97. The Labute approximate surface area is 206 Å². The van der Waals surface area contributed by atoms with E-state index in [1.807, 2.05) is 49.4 Å². The number of carbonyl (C=O) groups excluding carboxylic acids is 1. The molecule has 1 aromatic heterocycles. The number of amides is 1. The van der Waals surface area contributed by atoms with Crippen molar-refractivity contribution in [3.05, 3.63) is 59.6 Å². The van der Waals surface area contributed by atoms with E-state index in [1.54, 1.807) is 0 Å². The van der Waals surface area contributed by atoms with Gasteiger partial charge in [-0.15, -0.1) is 0 Å². The maximum Gasteiger partial charge on any atom is 0.230 e. The van der Waals surface area contributed by atoms with E-state index < -0.39 is 0 Å². The highest BCUT2D eigenvalue weighted by molar-refractivity contribution is 6.09. The molecule has 1 aromatic carbocycles. The summed E-state index contributed by atoms with van der Waals surface area (Å²) in [6, 6.07) is 9.67. The second-order valence-electron chi connectivity index (χ2n) is 9.16. The number of H-pyrrole nitrogens is 1. The molecule has 3 N–H and O–H groups in total. The van der Waals surface area contributed by atoms with Crippen molar-refractivity contribution in [1.82, 2.24) is 20.0 Å². The number of likely N-dealkylation sites (N-methyl/N-ethyl adjacent to an activating group) is 1. The van der Waals surface area contributed by atoms with Crippen LogP contribution in [0.4, 0.5) is 11.5 Å². The average molecular weight is 475 g/mol. The third-order valence-electron chi connectivity index (χ3n) is 6.07. The van der Waals surface area contributed by atoms with Gasteiger partial charge >= 0.3 is 0 Å². The van der Waals surface area contributed by atoms with Crippen molar-refractivity contribution >= 4 is 35.2 Å². The summed E-state index contributed by atoms with van der Waals surface area (Å²) < 4.78 is 0. The number of carbonyl (C=O) groups is 1. The lowest BCUT2D eigenvalue weighted by molar-refractivity contribution is -0.114. The molecule has 0 bridgehead atoms. The van der Waals surface area contributed by atoms with Gasteiger partial charge in [-0.05, 0) is 50.2 Å². The number of hydrogen-bond donors (Lipinski definition) is 3. The number of rotatable bonds is 5. The second kappa shape index (κ2) is 11.1. The van der Waals surface area contributed by atoms with Crippen LogP contribution in [0.2, 0.25) is 0 Å². The Balaban J connectivity index is 1.59. The molecule has 1 saturated heterocycles. The van der Waals surface area contributed by atoms with Gasteiger partial charge in [0.2, 0.25) is 11.9 Å². The van der Waals surface area contributed by atoms with Gasteiger partial charge in [0.1, 0.15) is 5.82 Å². The highest BCUT2D eigenvalue weighted by Crippen LogP contribution is 2.20. The van der Waals surface area contributed by atoms with E-state index >= 15 is 0 Å². The molecular formula is C26H34N8O. The molecule has 4 rings (SSSR count). The molecule has 0 aliphatic carbocycles. The normalized spacial score (nSPS) is 23.9. The van der Waals surface area contributed by atoms with E-state index in [4.69, 9.17) is 9.98 Å². The van der Waals surface area contributed by atoms with Crippen molar-refractivity contribution in [3.8, 4) is 0 Å². The highest BCUT2D eigenvalue weighted by atomic mass is 16.1. The maximum absolute atomic E-state index is 11.3. The molecule has 1 unspecified atom stereocenters. The first-order valence-electron chi connectivity index (χ1n) is 12.0. The number of nitrogens with zero attached hydrogens (tertiary/aromatic N) is 5. The lowest BCUT2D eigenvalue weighted by Gasteiger charge is -2.34. The van der Waals surface area contributed by atoms with Gasteiger partial charge in [-0.2, -0.15) is 10.1 Å². The first kappa shape index (κ1) is 24.4. The van der Waals surface area contributed by atoms with Crippen LogP contribution in [-0.2, 0) is 4.79 Å². The molecule has 2 aliphatic heterocycles. The molecular weight excluding hydrogens is 440 g/mol. The minimum Gasteiger partial charge on any atom is -0.354 e. The standard InChI is InChI=1S/C26H34N8O/c1-18-5-12-25(34-15-13-33(4)14-16-34)30-26(29-24-17-19(2)31-32-24)28-23(18)11-8-21-6-9-22(10-7-21)27-20(3)35/h6-12,17-18H,5,13-16H2,1-4H3,(H,27,35)(H2,29,30,31,32)/b11-8+,25-12-,28-23-. The topological polar surface area (TPSA) is 101 Å². The molecule has 3 heterocycles. The van der Waals surface area contributed by atoms with E-state index in [0.29, 0.717) is 11.8 Å². The number of aromatic nitrogens is 2. The summed E-state index contributed by atoms with van der Waals surface area (Å²) >= 11 is 0. The van der Waals surface area contributed by atoms with Crippen LogP contribution >= 0.6 is 0 Å². The molecule has 2 aromatic rings. The molecule has 0 spiro atoms. The predicted molar refractivity (Wildman–Crippen MR) is 143 cm³/mol. The molecule has 9 nitrogen and oxygen atoms in total. The van der Waals surface area contributed by atoms with Gasteiger partial charge in [-0.25, -0.2) is 4.99 Å². The van der Waals surface area contributed by atoms with Crippen molar-refractivity contribution in [3.63, 3.8) is 0 Å². The Hall–Kier alpha value is -3.72. The maximum atomic E-state index is 11.3. The molecule has 35 heavy (non-hydrogen) atoms. The van der Waals surface area contributed by atoms with E-state index in [0.717, 1.165) is 61.1 Å². The summed E-state index contributed by atoms with van der Waals surface area (Å²) in [5.41, 5.74) is 3.71. The number of benzene rings is 1. The number of aromatic amines is 1. The zero-order valence-electron chi connectivity index (χ0n) is 20.9. The van der Waals surface area contributed by atoms with Gasteiger partial charge in [0, 0.05) is 62.2 Å². The SMILES string of the molecule is CC(=O)Nc1ccc(/C=C/C2=N/C(Nc3cc(C)[nH]n3)=N\C(N3CCN(C)CC3)=C\CC2C)cc1. The predicted octanol–water partition coefficient (Wildman–Crippen LogP) is 3.73. The molecule has 2 aliphatic rings. The molecule has 0 radical (unpaired) electrons. The Bertz CT molecular complexity index is 1150. The van der Waals surface area contributed by atoms with E-state index in [-0.39, 0.29) is 11.8 Å². The number of nitrogens with one attached hydrogen (secondary N) is 3. The number of aliphatic imine (C=N–C) groups is 2. The van der Waals surface area contributed by atoms with Crippen LogP contribution < -0.4 is 10.6 Å². The van der Waals surface area contributed by atoms with Crippen molar-refractivity contribution in [2.45, 2.75) is 27.2 Å². The lowest BCUT2D eigenvalue weighted by atomic mass is 9.99. The number of guanidine groups is 1. The van der Waals surface area contributed by atoms with Gasteiger partial charge in [0.15, 0.2) is 5.82 Å². The zero-order valence-corrected chi connectivity index (χ0v) is 20.9. The summed E-state index contributed by atoms with van der Waals surface area (Å²) in [6.45, 7) is 9.57. The van der Waals surface area contributed by atoms with Gasteiger partial charge in [0.25, 0.3) is 0 Å². The first-order valence-corrected chi connectivity index (χ1v) is 12.0. The quantitative estimate of drug-likeness (QED) is 0.613. The molecule has 1 amide bonds. The molecule has 0 saturated carbocycles. The average Bonchev–Trinajstić information content (AvgIpc) is 3.23. The van der Waals surface area contributed by atoms with Gasteiger partial charge in [0.05, 0.1) is 0 Å². The van der Waals surface area contributed by atoms with Crippen LogP contribution in [0.3, 0.4) is 0 Å². The van der Waals surface area contributed by atoms with Crippen LogP contribution in [0, 0.1) is 12.8 Å². The third kappa shape index (κ3) is 6.89. The van der Waals surface area contributed by atoms with Gasteiger partial charge < -0.3 is 20.4 Å². The molecule has 184 valence electrons. The van der Waals surface area contributed by atoms with Crippen LogP contribution in [0.15, 0.2) is 58.3 Å². The first-order chi connectivity index (χ1) is 16.9. The third-order valence-corrected chi connectivity index (χ3v) is 6.07. The fourth-order valence-corrected chi connectivity index (χ4v) is 3.97. The summed E-state index contributed by atoms with van der Waals surface area (Å²) in [5.74, 6) is 2.30. The Morgan fingerprint density at radius 2 is 1.86 bits per heavy atom. The number of hydrogen-bond acceptors (Lipinski definition) is 7. The smallest absolute Gasteiger partial charge is 0.230 e. The summed E-state index contributed by atoms with van der Waals surface area (Å²) in [5, 5.41) is 13.3. The van der Waals surface area contributed by atoms with Crippen molar-refractivity contribution < 1.29 is 4.79 Å². The fraction of sp³-hybridized carbons (Fsp3) is 0.385. The number of aryl methyl sites for hydroxylation is 1. The van der Waals surface area contributed by atoms with E-state index in [9.17, 15) is 4.79 Å². The van der Waals surface area contributed by atoms with E-state index in [1.165, 1.54) is 6.92 Å². The number of piperazine rings is 1. The Morgan fingerprint density at radius 1 is 1.11 bits per heavy atom. The Morgan fingerprint density at radius 3 is 2.51 bits per heavy atom. The number of anilines is 2. The molecule has 9 heteroatoms. The molecule has 1 atom stereocenters. The van der Waals surface area contributed by atoms with Crippen LogP contribution in [0.5, 0.6) is 0 Å². The lowest BCUT2D eigenvalue weighted by Crippen LogP contribution is -2.43. The molecule has 1 fully saturated rings. The minimum atomic E-state index is -0.0820. The van der Waals surface area contributed by atoms with E-state index in [2.05, 4.69) is 50.7 Å². The van der Waals surface area contributed by atoms with Crippen molar-refractivity contribution in [2.75, 3.05) is 43.9 Å². The van der Waals surface area contributed by atoms with Gasteiger partial charge in [-0.3, -0.25) is 9.89 Å². The van der Waals surface area contributed by atoms with Crippen LogP contribution in [0.1, 0.15) is 31.5 Å². The van der Waals surface area contributed by atoms with Crippen LogP contribution in [0.25, 0.3) is 6.08 Å². The monoisotopic (exact) mass is 474 g/mol. The summed E-state index contributed by atoms with van der Waals surface area (Å²) in [6.07, 6.45) is 7.15. The minimum absolute atomic E-state index is 0.0820. The highest BCUT2D eigenvalue weighted by Gasteiger charge is 2.20.